The Balaban J connectivity index is 1.66. The number of carbonyl (C=O) groups is 1. The molecule has 5 nitrogen and oxygen atoms in total. The molecule has 0 saturated carbocycles. The summed E-state index contributed by atoms with van der Waals surface area (Å²) in [5.41, 5.74) is 1.55. The molecule has 0 aliphatic carbocycles. The van der Waals surface area contributed by atoms with Crippen molar-refractivity contribution >= 4 is 23.3 Å². The van der Waals surface area contributed by atoms with Gasteiger partial charge in [-0.2, -0.15) is 5.10 Å². The number of aromatic nitrogens is 3. The minimum Gasteiger partial charge on any atom is -0.356 e. The van der Waals surface area contributed by atoms with E-state index in [0.29, 0.717) is 23.1 Å². The third kappa shape index (κ3) is 3.32. The van der Waals surface area contributed by atoms with E-state index in [-0.39, 0.29) is 5.91 Å². The number of carbonyl (C=O) groups excluding carboxylic acids is 1. The van der Waals surface area contributed by atoms with Gasteiger partial charge in [-0.1, -0.05) is 41.9 Å². The second-order valence-corrected chi connectivity index (χ2v) is 5.01. The molecule has 2 N–H and O–H groups in total. The Hall–Kier alpha value is -2.53. The number of hydrogen-bond donors (Lipinski definition) is 2. The van der Waals surface area contributed by atoms with Gasteiger partial charge in [0.25, 0.3) is 5.91 Å². The van der Waals surface area contributed by atoms with Crippen LogP contribution in [0.5, 0.6) is 0 Å². The van der Waals surface area contributed by atoms with E-state index in [1.807, 2.05) is 36.5 Å². The van der Waals surface area contributed by atoms with E-state index < -0.39 is 0 Å². The maximum absolute atomic E-state index is 11.9. The minimum absolute atomic E-state index is 0.271. The molecule has 0 spiro atoms. The number of rotatable bonds is 4. The standard InChI is InChI=1S/C15H13ClN4O/c16-12-8-13(17-9-12)15(21)18-14-6-7-20(19-14)10-11-4-2-1-3-5-11/h1-9,17H,10H2,(H,18,19,21). The lowest BCUT2D eigenvalue weighted by molar-refractivity contribution is 0.102. The number of nitrogens with zero attached hydrogens (tertiary/aromatic N) is 2. The Kier molecular flexibility index (Phi) is 3.75. The number of benzene rings is 1. The third-order valence-electron chi connectivity index (χ3n) is 2.96. The monoisotopic (exact) mass is 300 g/mol. The highest BCUT2D eigenvalue weighted by molar-refractivity contribution is 6.31. The van der Waals surface area contributed by atoms with Crippen molar-refractivity contribution in [2.45, 2.75) is 6.54 Å². The van der Waals surface area contributed by atoms with Gasteiger partial charge in [0.2, 0.25) is 0 Å². The highest BCUT2D eigenvalue weighted by Crippen LogP contribution is 2.12. The van der Waals surface area contributed by atoms with Crippen LogP contribution in [0.25, 0.3) is 0 Å². The molecule has 2 aromatic heterocycles. The van der Waals surface area contributed by atoms with Gasteiger partial charge in [0.15, 0.2) is 5.82 Å². The van der Waals surface area contributed by atoms with E-state index in [9.17, 15) is 4.79 Å². The van der Waals surface area contributed by atoms with Crippen molar-refractivity contribution in [1.29, 1.82) is 0 Å². The highest BCUT2D eigenvalue weighted by Gasteiger charge is 2.10. The first-order valence-electron chi connectivity index (χ1n) is 6.43. The van der Waals surface area contributed by atoms with Crippen LogP contribution in [-0.2, 0) is 6.54 Å². The van der Waals surface area contributed by atoms with Gasteiger partial charge in [0.1, 0.15) is 5.69 Å². The second kappa shape index (κ2) is 5.85. The van der Waals surface area contributed by atoms with Crippen molar-refractivity contribution in [3.63, 3.8) is 0 Å². The van der Waals surface area contributed by atoms with Crippen LogP contribution in [0.4, 0.5) is 5.82 Å². The van der Waals surface area contributed by atoms with Crippen LogP contribution in [-0.4, -0.2) is 20.7 Å². The summed E-state index contributed by atoms with van der Waals surface area (Å²) in [7, 11) is 0. The van der Waals surface area contributed by atoms with Crippen LogP contribution < -0.4 is 5.32 Å². The summed E-state index contributed by atoms with van der Waals surface area (Å²) in [4.78, 5) is 14.7. The predicted octanol–water partition coefficient (Wildman–Crippen LogP) is 3.17. The van der Waals surface area contributed by atoms with Gasteiger partial charge in [-0.3, -0.25) is 9.48 Å². The van der Waals surface area contributed by atoms with Crippen LogP contribution in [0.3, 0.4) is 0 Å². The molecule has 1 aromatic carbocycles. The van der Waals surface area contributed by atoms with Crippen LogP contribution in [0, 0.1) is 0 Å². The first-order valence-corrected chi connectivity index (χ1v) is 6.81. The molecule has 0 atom stereocenters. The summed E-state index contributed by atoms with van der Waals surface area (Å²) in [5, 5.41) is 7.53. The molecule has 3 aromatic rings. The molecular weight excluding hydrogens is 288 g/mol. The maximum Gasteiger partial charge on any atom is 0.273 e. The lowest BCUT2D eigenvalue weighted by atomic mass is 10.2. The van der Waals surface area contributed by atoms with Gasteiger partial charge >= 0.3 is 0 Å². The molecule has 1 amide bonds. The zero-order valence-corrected chi connectivity index (χ0v) is 11.8. The zero-order chi connectivity index (χ0) is 14.7. The summed E-state index contributed by atoms with van der Waals surface area (Å²) in [5.74, 6) is 0.230. The molecule has 0 bridgehead atoms. The quantitative estimate of drug-likeness (QED) is 0.777. The summed E-state index contributed by atoms with van der Waals surface area (Å²) in [6.07, 6.45) is 3.38. The molecule has 2 heterocycles. The number of halogens is 1. The van der Waals surface area contributed by atoms with Crippen LogP contribution >= 0.6 is 11.6 Å². The average molecular weight is 301 g/mol. The fourth-order valence-electron chi connectivity index (χ4n) is 1.97. The van der Waals surface area contributed by atoms with Gasteiger partial charge < -0.3 is 10.3 Å². The Labute approximate surface area is 126 Å². The van der Waals surface area contributed by atoms with Crippen LogP contribution in [0.15, 0.2) is 54.9 Å². The first kappa shape index (κ1) is 13.5. The Morgan fingerprint density at radius 1 is 1.29 bits per heavy atom. The zero-order valence-electron chi connectivity index (χ0n) is 11.1. The molecule has 0 unspecified atom stereocenters. The highest BCUT2D eigenvalue weighted by atomic mass is 35.5. The lowest BCUT2D eigenvalue weighted by Gasteiger charge is -2.02. The summed E-state index contributed by atoms with van der Waals surface area (Å²) >= 11 is 5.77. The van der Waals surface area contributed by atoms with Gasteiger partial charge in [-0.25, -0.2) is 0 Å². The minimum atomic E-state index is -0.271. The van der Waals surface area contributed by atoms with Crippen molar-refractivity contribution in [3.05, 3.63) is 71.1 Å². The maximum atomic E-state index is 11.9. The van der Waals surface area contributed by atoms with Crippen molar-refractivity contribution in [3.8, 4) is 0 Å². The molecule has 0 aliphatic heterocycles. The molecule has 106 valence electrons. The van der Waals surface area contributed by atoms with Crippen LogP contribution in [0.2, 0.25) is 5.02 Å². The molecule has 6 heteroatoms. The second-order valence-electron chi connectivity index (χ2n) is 4.57. The molecule has 0 fully saturated rings. The third-order valence-corrected chi connectivity index (χ3v) is 3.18. The van der Waals surface area contributed by atoms with E-state index in [0.717, 1.165) is 5.56 Å². The number of hydrogen-bond acceptors (Lipinski definition) is 2. The number of aromatic amines is 1. The summed E-state index contributed by atoms with van der Waals surface area (Å²) in [6, 6.07) is 13.3. The largest absolute Gasteiger partial charge is 0.356 e. The van der Waals surface area contributed by atoms with E-state index in [1.165, 1.54) is 0 Å². The molecular formula is C15H13ClN4O. The number of anilines is 1. The fourth-order valence-corrected chi connectivity index (χ4v) is 2.13. The number of nitrogens with one attached hydrogen (secondary N) is 2. The van der Waals surface area contributed by atoms with Gasteiger partial charge in [-0.05, 0) is 11.6 Å². The number of H-pyrrole nitrogens is 1. The van der Waals surface area contributed by atoms with Crippen molar-refractivity contribution in [2.24, 2.45) is 0 Å². The van der Waals surface area contributed by atoms with Crippen molar-refractivity contribution in [2.75, 3.05) is 5.32 Å². The topological polar surface area (TPSA) is 62.7 Å². The number of amides is 1. The molecule has 0 aliphatic rings. The molecule has 0 saturated heterocycles. The van der Waals surface area contributed by atoms with E-state index in [1.54, 1.807) is 23.0 Å². The average Bonchev–Trinajstić information content (AvgIpc) is 3.09. The van der Waals surface area contributed by atoms with Gasteiger partial charge in [0.05, 0.1) is 11.6 Å². The normalized spacial score (nSPS) is 10.5. The van der Waals surface area contributed by atoms with E-state index in [2.05, 4.69) is 15.4 Å². The van der Waals surface area contributed by atoms with E-state index in [4.69, 9.17) is 11.6 Å². The Bertz CT molecular complexity index is 748. The van der Waals surface area contributed by atoms with Crippen molar-refractivity contribution in [1.82, 2.24) is 14.8 Å². The molecule has 21 heavy (non-hydrogen) atoms. The van der Waals surface area contributed by atoms with Crippen LogP contribution in [0.1, 0.15) is 16.1 Å². The smallest absolute Gasteiger partial charge is 0.273 e. The lowest BCUT2D eigenvalue weighted by Crippen LogP contribution is -2.13. The Morgan fingerprint density at radius 2 is 2.10 bits per heavy atom. The molecule has 3 rings (SSSR count). The van der Waals surface area contributed by atoms with Crippen molar-refractivity contribution < 1.29 is 4.79 Å². The van der Waals surface area contributed by atoms with Gasteiger partial charge in [-0.15, -0.1) is 0 Å². The Morgan fingerprint density at radius 3 is 2.81 bits per heavy atom. The SMILES string of the molecule is O=C(Nc1ccn(Cc2ccccc2)n1)c1cc(Cl)c[nH]1. The molecule has 0 radical (unpaired) electrons. The summed E-state index contributed by atoms with van der Waals surface area (Å²) in [6.45, 7) is 0.658. The van der Waals surface area contributed by atoms with Gasteiger partial charge in [0, 0.05) is 18.5 Å². The predicted molar refractivity (Wildman–Crippen MR) is 81.5 cm³/mol. The fraction of sp³-hybridized carbons (Fsp3) is 0.0667. The first-order chi connectivity index (χ1) is 10.2. The van der Waals surface area contributed by atoms with E-state index >= 15 is 0 Å². The summed E-state index contributed by atoms with van der Waals surface area (Å²) < 4.78 is 1.77.